The molecule has 0 unspecified atom stereocenters. The molecular formula is C20H19Br2N5O2S. The largest absolute Gasteiger partial charge is 0.345 e. The second-order valence-corrected chi connectivity index (χ2v) is 8.86. The van der Waals surface area contributed by atoms with Crippen molar-refractivity contribution in [3.05, 3.63) is 68.9 Å². The molecule has 1 heterocycles. The van der Waals surface area contributed by atoms with E-state index in [2.05, 4.69) is 52.7 Å². The van der Waals surface area contributed by atoms with Crippen molar-refractivity contribution >= 4 is 61.1 Å². The SMILES string of the molecule is CCn1c(CNC(=O)c2ccccc2Br)nnc1SCC(=O)Nc1ccc(Br)cc1. The Morgan fingerprint density at radius 3 is 2.50 bits per heavy atom. The average Bonchev–Trinajstić information content (AvgIpc) is 3.14. The summed E-state index contributed by atoms with van der Waals surface area (Å²) < 4.78 is 3.57. The van der Waals surface area contributed by atoms with Gasteiger partial charge >= 0.3 is 0 Å². The van der Waals surface area contributed by atoms with Crippen LogP contribution in [0, 0.1) is 0 Å². The number of anilines is 1. The number of carbonyl (C=O) groups is 2. The van der Waals surface area contributed by atoms with Gasteiger partial charge in [-0.05, 0) is 59.3 Å². The molecule has 0 atom stereocenters. The summed E-state index contributed by atoms with van der Waals surface area (Å²) in [6.45, 7) is 2.84. The summed E-state index contributed by atoms with van der Waals surface area (Å²) >= 11 is 8.05. The van der Waals surface area contributed by atoms with Crippen molar-refractivity contribution in [1.82, 2.24) is 20.1 Å². The molecule has 0 aliphatic carbocycles. The van der Waals surface area contributed by atoms with Crippen LogP contribution < -0.4 is 10.6 Å². The first kappa shape index (κ1) is 22.5. The number of nitrogens with one attached hydrogen (secondary N) is 2. The van der Waals surface area contributed by atoms with Crippen LogP contribution in [0.3, 0.4) is 0 Å². The number of amides is 2. The third kappa shape index (κ3) is 5.93. The summed E-state index contributed by atoms with van der Waals surface area (Å²) in [6.07, 6.45) is 0. The van der Waals surface area contributed by atoms with Crippen LogP contribution in [0.25, 0.3) is 0 Å². The van der Waals surface area contributed by atoms with Gasteiger partial charge in [0, 0.05) is 21.2 Å². The quantitative estimate of drug-likeness (QED) is 0.402. The highest BCUT2D eigenvalue weighted by Crippen LogP contribution is 2.19. The fourth-order valence-electron chi connectivity index (χ4n) is 2.63. The number of benzene rings is 2. The van der Waals surface area contributed by atoms with Gasteiger partial charge in [-0.2, -0.15) is 0 Å². The summed E-state index contributed by atoms with van der Waals surface area (Å²) in [7, 11) is 0. The Morgan fingerprint density at radius 1 is 1.07 bits per heavy atom. The topological polar surface area (TPSA) is 88.9 Å². The molecule has 156 valence electrons. The zero-order valence-electron chi connectivity index (χ0n) is 16.1. The van der Waals surface area contributed by atoms with E-state index in [0.717, 1.165) is 14.6 Å². The molecular weight excluding hydrogens is 534 g/mol. The Balaban J connectivity index is 1.57. The summed E-state index contributed by atoms with van der Waals surface area (Å²) in [4.78, 5) is 24.6. The van der Waals surface area contributed by atoms with E-state index in [1.165, 1.54) is 11.8 Å². The van der Waals surface area contributed by atoms with Crippen LogP contribution in [0.2, 0.25) is 0 Å². The summed E-state index contributed by atoms with van der Waals surface area (Å²) in [5.41, 5.74) is 1.29. The number of thioether (sulfide) groups is 1. The zero-order chi connectivity index (χ0) is 21.5. The van der Waals surface area contributed by atoms with Gasteiger partial charge in [-0.1, -0.05) is 39.8 Å². The molecule has 2 N–H and O–H groups in total. The second kappa shape index (κ2) is 10.7. The van der Waals surface area contributed by atoms with Crippen molar-refractivity contribution in [3.8, 4) is 0 Å². The molecule has 0 saturated heterocycles. The first-order valence-electron chi connectivity index (χ1n) is 9.11. The molecule has 3 rings (SSSR count). The lowest BCUT2D eigenvalue weighted by molar-refractivity contribution is -0.113. The van der Waals surface area contributed by atoms with Gasteiger partial charge in [0.2, 0.25) is 5.91 Å². The minimum atomic E-state index is -0.198. The van der Waals surface area contributed by atoms with E-state index >= 15 is 0 Å². The Kier molecular flexibility index (Phi) is 8.06. The molecule has 7 nitrogen and oxygen atoms in total. The first-order chi connectivity index (χ1) is 14.5. The first-order valence-corrected chi connectivity index (χ1v) is 11.7. The van der Waals surface area contributed by atoms with Crippen LogP contribution in [0.15, 0.2) is 62.6 Å². The molecule has 10 heteroatoms. The van der Waals surface area contributed by atoms with E-state index in [1.54, 1.807) is 6.07 Å². The fourth-order valence-corrected chi connectivity index (χ4v) is 4.18. The lowest BCUT2D eigenvalue weighted by atomic mass is 10.2. The molecule has 2 aromatic carbocycles. The van der Waals surface area contributed by atoms with E-state index < -0.39 is 0 Å². The molecule has 0 aliphatic heterocycles. The maximum Gasteiger partial charge on any atom is 0.252 e. The van der Waals surface area contributed by atoms with Crippen molar-refractivity contribution in [1.29, 1.82) is 0 Å². The number of hydrogen-bond acceptors (Lipinski definition) is 5. The lowest BCUT2D eigenvalue weighted by Crippen LogP contribution is -2.25. The third-order valence-electron chi connectivity index (χ3n) is 4.10. The maximum absolute atomic E-state index is 12.4. The van der Waals surface area contributed by atoms with Crippen molar-refractivity contribution in [3.63, 3.8) is 0 Å². The minimum Gasteiger partial charge on any atom is -0.345 e. The minimum absolute atomic E-state index is 0.128. The highest BCUT2D eigenvalue weighted by Gasteiger charge is 2.15. The van der Waals surface area contributed by atoms with Crippen molar-refractivity contribution in [2.45, 2.75) is 25.2 Å². The summed E-state index contributed by atoms with van der Waals surface area (Å²) in [5.74, 6) is 0.513. The van der Waals surface area contributed by atoms with Crippen molar-refractivity contribution < 1.29 is 9.59 Å². The Bertz CT molecular complexity index is 1040. The van der Waals surface area contributed by atoms with E-state index in [4.69, 9.17) is 0 Å². The molecule has 0 radical (unpaired) electrons. The van der Waals surface area contributed by atoms with Crippen LogP contribution in [0.5, 0.6) is 0 Å². The van der Waals surface area contributed by atoms with Gasteiger partial charge < -0.3 is 15.2 Å². The average molecular weight is 553 g/mol. The van der Waals surface area contributed by atoms with Crippen LogP contribution in [0.4, 0.5) is 5.69 Å². The van der Waals surface area contributed by atoms with Gasteiger partial charge in [0.15, 0.2) is 11.0 Å². The Labute approximate surface area is 195 Å². The van der Waals surface area contributed by atoms with Crippen LogP contribution >= 0.6 is 43.6 Å². The lowest BCUT2D eigenvalue weighted by Gasteiger charge is -2.09. The molecule has 0 aliphatic rings. The van der Waals surface area contributed by atoms with Gasteiger partial charge in [-0.25, -0.2) is 0 Å². The van der Waals surface area contributed by atoms with Crippen LogP contribution in [-0.4, -0.2) is 32.3 Å². The van der Waals surface area contributed by atoms with Crippen molar-refractivity contribution in [2.75, 3.05) is 11.1 Å². The van der Waals surface area contributed by atoms with Gasteiger partial charge in [-0.3, -0.25) is 9.59 Å². The number of hydrogen-bond donors (Lipinski definition) is 2. The predicted molar refractivity (Wildman–Crippen MR) is 125 cm³/mol. The number of nitrogens with zero attached hydrogens (tertiary/aromatic N) is 3. The molecule has 2 amide bonds. The van der Waals surface area contributed by atoms with Crippen LogP contribution in [0.1, 0.15) is 23.1 Å². The molecule has 1 aromatic heterocycles. The summed E-state index contributed by atoms with van der Waals surface area (Å²) in [5, 5.41) is 14.7. The van der Waals surface area contributed by atoms with Gasteiger partial charge in [0.05, 0.1) is 17.9 Å². The second-order valence-electron chi connectivity index (χ2n) is 6.15. The molecule has 0 saturated carbocycles. The predicted octanol–water partition coefficient (Wildman–Crippen LogP) is 4.48. The molecule has 30 heavy (non-hydrogen) atoms. The normalized spacial score (nSPS) is 10.6. The van der Waals surface area contributed by atoms with Crippen LogP contribution in [-0.2, 0) is 17.9 Å². The molecule has 0 spiro atoms. The monoisotopic (exact) mass is 551 g/mol. The van der Waals surface area contributed by atoms with E-state index in [-0.39, 0.29) is 24.1 Å². The molecule has 0 fully saturated rings. The highest BCUT2D eigenvalue weighted by atomic mass is 79.9. The van der Waals surface area contributed by atoms with Gasteiger partial charge in [0.1, 0.15) is 0 Å². The Morgan fingerprint density at radius 2 is 1.80 bits per heavy atom. The van der Waals surface area contributed by atoms with Gasteiger partial charge in [-0.15, -0.1) is 10.2 Å². The van der Waals surface area contributed by atoms with E-state index in [9.17, 15) is 9.59 Å². The van der Waals surface area contributed by atoms with Gasteiger partial charge in [0.25, 0.3) is 5.91 Å². The molecule has 0 bridgehead atoms. The highest BCUT2D eigenvalue weighted by molar-refractivity contribution is 9.10. The number of rotatable bonds is 8. The number of carbonyl (C=O) groups excluding carboxylic acids is 2. The Hall–Kier alpha value is -2.17. The standard InChI is InChI=1S/C20H19Br2N5O2S/c1-2-27-17(11-23-19(29)15-5-3-4-6-16(15)22)25-26-20(27)30-12-18(28)24-14-9-7-13(21)8-10-14/h3-10H,2,11-12H2,1H3,(H,23,29)(H,24,28). The summed E-state index contributed by atoms with van der Waals surface area (Å²) in [6, 6.07) is 14.6. The van der Waals surface area contributed by atoms with E-state index in [0.29, 0.717) is 23.1 Å². The maximum atomic E-state index is 12.4. The molecule has 3 aromatic rings. The smallest absolute Gasteiger partial charge is 0.252 e. The zero-order valence-corrected chi connectivity index (χ0v) is 20.1. The number of aromatic nitrogens is 3. The third-order valence-corrected chi connectivity index (χ3v) is 6.28. The number of halogens is 2. The fraction of sp³-hybridized carbons (Fsp3) is 0.200. The van der Waals surface area contributed by atoms with E-state index in [1.807, 2.05) is 54.0 Å². The van der Waals surface area contributed by atoms with Crippen molar-refractivity contribution in [2.24, 2.45) is 0 Å².